The number of carbonyl (C=O) groups excluding carboxylic acids is 3. The Kier molecular flexibility index (Phi) is 64.4. The van der Waals surface area contributed by atoms with Crippen LogP contribution in [0, 0.1) is 0 Å². The normalized spacial score (nSPS) is 13.2. The molecule has 6 nitrogen and oxygen atoms in total. The lowest BCUT2D eigenvalue weighted by molar-refractivity contribution is -0.167. The minimum Gasteiger partial charge on any atom is -0.462 e. The van der Waals surface area contributed by atoms with Gasteiger partial charge in [-0.15, -0.1) is 0 Å². The van der Waals surface area contributed by atoms with Crippen LogP contribution in [0.25, 0.3) is 0 Å². The standard InChI is InChI=1S/C76H122O6/c1-4-7-10-13-16-19-22-25-28-31-33-35-36-37-38-39-40-42-43-45-48-51-54-57-60-63-66-69-75(78)81-72-73(71-80-74(77)68-65-62-59-56-53-50-47-30-27-24-21-18-15-12-9-6-3)82-76(79)70-67-64-61-58-55-52-49-46-44-41-34-32-29-26-23-20-17-14-11-8-5-2/h7-8,10-11,16-17,19-20,25-26,28-29,33-35,37-38,40-42,45-46,48-49,55,58,73H,4-6,9,12-15,18,21-24,27,30-32,36,39,43-44,47,50-54,56-57,59-72H2,1-3H3/b10-7-,11-8-,19-16-,20-17-,28-25-,29-26-,35-33-,38-37-,41-34-,42-40-,48-45-,49-46-,58-55-. The van der Waals surface area contributed by atoms with Crippen molar-refractivity contribution < 1.29 is 28.6 Å². The third kappa shape index (κ3) is 65.8. The fraction of sp³-hybridized carbons (Fsp3) is 0.618. The number of carbonyl (C=O) groups is 3. The van der Waals surface area contributed by atoms with Gasteiger partial charge in [0.25, 0.3) is 0 Å². The zero-order valence-corrected chi connectivity index (χ0v) is 52.9. The van der Waals surface area contributed by atoms with E-state index in [-0.39, 0.29) is 37.5 Å². The summed E-state index contributed by atoms with van der Waals surface area (Å²) in [6.07, 6.45) is 99.6. The Bertz CT molecular complexity index is 1830. The zero-order valence-electron chi connectivity index (χ0n) is 52.9. The summed E-state index contributed by atoms with van der Waals surface area (Å²) in [6.45, 7) is 6.37. The highest BCUT2D eigenvalue weighted by atomic mass is 16.6. The van der Waals surface area contributed by atoms with Gasteiger partial charge in [-0.25, -0.2) is 0 Å². The van der Waals surface area contributed by atoms with Crippen molar-refractivity contribution in [3.63, 3.8) is 0 Å². The molecule has 462 valence electrons. The molecule has 0 saturated heterocycles. The van der Waals surface area contributed by atoms with Crippen molar-refractivity contribution in [2.75, 3.05) is 13.2 Å². The maximum Gasteiger partial charge on any atom is 0.306 e. The lowest BCUT2D eigenvalue weighted by Gasteiger charge is -2.18. The average Bonchev–Trinajstić information content (AvgIpc) is 3.47. The van der Waals surface area contributed by atoms with Gasteiger partial charge in [0.05, 0.1) is 0 Å². The van der Waals surface area contributed by atoms with E-state index in [1.807, 2.05) is 0 Å². The third-order valence-corrected chi connectivity index (χ3v) is 13.8. The number of rotatable bonds is 59. The minimum absolute atomic E-state index is 0.106. The van der Waals surface area contributed by atoms with Crippen LogP contribution in [0.5, 0.6) is 0 Å². The number of unbranched alkanes of at least 4 members (excludes halogenated alkanes) is 22. The van der Waals surface area contributed by atoms with Gasteiger partial charge in [0.15, 0.2) is 6.10 Å². The molecule has 6 heteroatoms. The van der Waals surface area contributed by atoms with Gasteiger partial charge in [-0.3, -0.25) is 14.4 Å². The van der Waals surface area contributed by atoms with Crippen LogP contribution in [-0.4, -0.2) is 37.2 Å². The largest absolute Gasteiger partial charge is 0.462 e. The van der Waals surface area contributed by atoms with E-state index in [4.69, 9.17) is 14.2 Å². The molecule has 0 aliphatic rings. The molecule has 0 rings (SSSR count). The van der Waals surface area contributed by atoms with Crippen LogP contribution in [0.1, 0.15) is 284 Å². The molecule has 0 aromatic rings. The number of esters is 3. The van der Waals surface area contributed by atoms with E-state index in [9.17, 15) is 14.4 Å². The van der Waals surface area contributed by atoms with Gasteiger partial charge in [-0.1, -0.05) is 294 Å². The Morgan fingerprint density at radius 3 is 0.768 bits per heavy atom. The Hall–Kier alpha value is -4.97. The second-order valence-corrected chi connectivity index (χ2v) is 21.6. The summed E-state index contributed by atoms with van der Waals surface area (Å²) in [5, 5.41) is 0. The topological polar surface area (TPSA) is 78.9 Å². The van der Waals surface area contributed by atoms with Crippen LogP contribution in [0.2, 0.25) is 0 Å². The van der Waals surface area contributed by atoms with Crippen LogP contribution in [0.4, 0.5) is 0 Å². The van der Waals surface area contributed by atoms with Gasteiger partial charge in [0.2, 0.25) is 0 Å². The molecule has 0 fully saturated rings. The van der Waals surface area contributed by atoms with Crippen molar-refractivity contribution in [1.29, 1.82) is 0 Å². The molecule has 0 aromatic heterocycles. The van der Waals surface area contributed by atoms with Crippen LogP contribution in [0.15, 0.2) is 158 Å². The monoisotopic (exact) mass is 1130 g/mol. The first-order chi connectivity index (χ1) is 40.5. The third-order valence-electron chi connectivity index (χ3n) is 13.8. The Morgan fingerprint density at radius 1 is 0.256 bits per heavy atom. The molecular weight excluding hydrogens is 1010 g/mol. The van der Waals surface area contributed by atoms with Gasteiger partial charge in [-0.05, 0) is 128 Å². The molecule has 1 atom stereocenters. The Balaban J connectivity index is 4.50. The van der Waals surface area contributed by atoms with E-state index in [0.717, 1.165) is 154 Å². The van der Waals surface area contributed by atoms with Crippen LogP contribution >= 0.6 is 0 Å². The molecule has 0 aliphatic carbocycles. The molecule has 0 bridgehead atoms. The fourth-order valence-corrected chi connectivity index (χ4v) is 8.84. The second kappa shape index (κ2) is 68.5. The molecule has 0 heterocycles. The summed E-state index contributed by atoms with van der Waals surface area (Å²) in [4.78, 5) is 38.4. The first kappa shape index (κ1) is 77.0. The van der Waals surface area contributed by atoms with Crippen LogP contribution in [0.3, 0.4) is 0 Å². The summed E-state index contributed by atoms with van der Waals surface area (Å²) < 4.78 is 16.9. The summed E-state index contributed by atoms with van der Waals surface area (Å²) in [5.41, 5.74) is 0. The zero-order chi connectivity index (χ0) is 59.2. The molecular formula is C76H122O6. The average molecular weight is 1130 g/mol. The first-order valence-corrected chi connectivity index (χ1v) is 33.5. The molecule has 1 unspecified atom stereocenters. The highest BCUT2D eigenvalue weighted by molar-refractivity contribution is 5.71. The van der Waals surface area contributed by atoms with Crippen molar-refractivity contribution in [2.24, 2.45) is 0 Å². The van der Waals surface area contributed by atoms with E-state index in [1.165, 1.54) is 83.5 Å². The highest BCUT2D eigenvalue weighted by Gasteiger charge is 2.19. The Morgan fingerprint density at radius 2 is 0.476 bits per heavy atom. The number of hydrogen-bond acceptors (Lipinski definition) is 6. The lowest BCUT2D eigenvalue weighted by atomic mass is 10.0. The lowest BCUT2D eigenvalue weighted by Crippen LogP contribution is -2.30. The quantitative estimate of drug-likeness (QED) is 0.0261. The van der Waals surface area contributed by atoms with E-state index >= 15 is 0 Å². The summed E-state index contributed by atoms with van der Waals surface area (Å²) in [5.74, 6) is -0.968. The van der Waals surface area contributed by atoms with Gasteiger partial charge >= 0.3 is 17.9 Å². The van der Waals surface area contributed by atoms with Crippen molar-refractivity contribution in [3.05, 3.63) is 158 Å². The molecule has 82 heavy (non-hydrogen) atoms. The van der Waals surface area contributed by atoms with E-state index in [0.29, 0.717) is 19.3 Å². The smallest absolute Gasteiger partial charge is 0.306 e. The van der Waals surface area contributed by atoms with Crippen molar-refractivity contribution >= 4 is 17.9 Å². The van der Waals surface area contributed by atoms with Crippen molar-refractivity contribution in [3.8, 4) is 0 Å². The number of ether oxygens (including phenoxy) is 3. The van der Waals surface area contributed by atoms with E-state index in [1.54, 1.807) is 0 Å². The summed E-state index contributed by atoms with van der Waals surface area (Å²) >= 11 is 0. The predicted molar refractivity (Wildman–Crippen MR) is 357 cm³/mol. The first-order valence-electron chi connectivity index (χ1n) is 33.5. The maximum atomic E-state index is 12.9. The molecule has 0 spiro atoms. The fourth-order valence-electron chi connectivity index (χ4n) is 8.84. The molecule has 0 amide bonds. The predicted octanol–water partition coefficient (Wildman–Crippen LogP) is 23.3. The Labute approximate surface area is 505 Å². The highest BCUT2D eigenvalue weighted by Crippen LogP contribution is 2.16. The minimum atomic E-state index is -0.818. The summed E-state index contributed by atoms with van der Waals surface area (Å²) in [7, 11) is 0. The second-order valence-electron chi connectivity index (χ2n) is 21.6. The van der Waals surface area contributed by atoms with Crippen molar-refractivity contribution in [1.82, 2.24) is 0 Å². The molecule has 0 aliphatic heterocycles. The van der Waals surface area contributed by atoms with Gasteiger partial charge in [0.1, 0.15) is 13.2 Å². The number of hydrogen-bond donors (Lipinski definition) is 0. The SMILES string of the molecule is CC/C=C\C/C=C\C/C=C\C/C=C\C/C=C\C/C=C\C/C=C\CCCCCCCC(=O)OCC(COC(=O)CCCCCCCCCCCCCCCCCC)OC(=O)CCCC/C=C\C/C=C\C/C=C\C/C=C\C/C=C\C/C=C\CC. The summed E-state index contributed by atoms with van der Waals surface area (Å²) in [6, 6.07) is 0. The molecule has 0 aromatic carbocycles. The van der Waals surface area contributed by atoms with Crippen LogP contribution in [-0.2, 0) is 28.6 Å². The van der Waals surface area contributed by atoms with E-state index < -0.39 is 6.10 Å². The van der Waals surface area contributed by atoms with Gasteiger partial charge in [0, 0.05) is 19.3 Å². The van der Waals surface area contributed by atoms with Crippen molar-refractivity contribution in [2.45, 2.75) is 290 Å². The van der Waals surface area contributed by atoms with Crippen LogP contribution < -0.4 is 0 Å². The number of allylic oxidation sites excluding steroid dienone is 26. The molecule has 0 saturated carbocycles. The molecule has 0 radical (unpaired) electrons. The maximum absolute atomic E-state index is 12.9. The van der Waals surface area contributed by atoms with E-state index in [2.05, 4.69) is 179 Å². The molecule has 0 N–H and O–H groups in total. The van der Waals surface area contributed by atoms with Gasteiger partial charge in [-0.2, -0.15) is 0 Å². The van der Waals surface area contributed by atoms with Gasteiger partial charge < -0.3 is 14.2 Å².